The molecule has 0 aliphatic carbocycles. The van der Waals surface area contributed by atoms with Crippen LogP contribution in [0.1, 0.15) is 22.6 Å². The quantitative estimate of drug-likeness (QED) is 0.707. The molecule has 26 heavy (non-hydrogen) atoms. The van der Waals surface area contributed by atoms with Crippen LogP contribution < -0.4 is 4.74 Å². The number of hydrogen-bond donors (Lipinski definition) is 0. The molecule has 0 spiro atoms. The zero-order valence-electron chi connectivity index (χ0n) is 14.6. The molecule has 1 aliphatic heterocycles. The van der Waals surface area contributed by atoms with E-state index in [1.165, 1.54) is 0 Å². The lowest BCUT2D eigenvalue weighted by Crippen LogP contribution is -2.32. The van der Waals surface area contributed by atoms with E-state index in [0.717, 1.165) is 22.7 Å². The first-order chi connectivity index (χ1) is 12.6. The van der Waals surface area contributed by atoms with E-state index in [0.29, 0.717) is 24.7 Å². The maximum Gasteiger partial charge on any atom is 0.272 e. The third-order valence-corrected chi connectivity index (χ3v) is 5.26. The number of amides is 1. The zero-order chi connectivity index (χ0) is 18.1. The summed E-state index contributed by atoms with van der Waals surface area (Å²) in [7, 11) is 1.80. The highest BCUT2D eigenvalue weighted by Gasteiger charge is 2.30. The molecule has 1 unspecified atom stereocenters. The highest BCUT2D eigenvalue weighted by atomic mass is 32.1. The van der Waals surface area contributed by atoms with Crippen LogP contribution in [0.25, 0.3) is 10.6 Å². The number of aromatic nitrogens is 4. The smallest absolute Gasteiger partial charge is 0.272 e. The second-order valence-electron chi connectivity index (χ2n) is 6.31. The number of thiophene rings is 1. The first kappa shape index (κ1) is 16.7. The summed E-state index contributed by atoms with van der Waals surface area (Å²) in [6.45, 7) is 3.07. The van der Waals surface area contributed by atoms with Crippen LogP contribution in [0, 0.1) is 6.92 Å². The van der Waals surface area contributed by atoms with Gasteiger partial charge in [0.05, 0.1) is 17.1 Å². The summed E-state index contributed by atoms with van der Waals surface area (Å²) < 4.78 is 7.50. The van der Waals surface area contributed by atoms with E-state index in [4.69, 9.17) is 4.74 Å². The zero-order valence-corrected chi connectivity index (χ0v) is 15.4. The fraction of sp³-hybridized carbons (Fsp3) is 0.333. The number of hydrogen-bond acceptors (Lipinski definition) is 6. The molecule has 0 saturated carbocycles. The minimum absolute atomic E-state index is 0.0242. The van der Waals surface area contributed by atoms with E-state index in [1.54, 1.807) is 29.1 Å². The molecule has 3 aromatic rings. The van der Waals surface area contributed by atoms with Crippen molar-refractivity contribution >= 4 is 17.2 Å². The van der Waals surface area contributed by atoms with Crippen molar-refractivity contribution in [2.45, 2.75) is 19.4 Å². The van der Waals surface area contributed by atoms with Crippen molar-refractivity contribution in [1.29, 1.82) is 0 Å². The van der Waals surface area contributed by atoms with Gasteiger partial charge in [-0.1, -0.05) is 6.07 Å². The van der Waals surface area contributed by atoms with Gasteiger partial charge in [0.15, 0.2) is 0 Å². The van der Waals surface area contributed by atoms with E-state index in [9.17, 15) is 4.79 Å². The molecule has 0 bridgehead atoms. The molecular weight excluding hydrogens is 350 g/mol. The normalized spacial score (nSPS) is 16.8. The molecule has 1 atom stereocenters. The first-order valence-electron chi connectivity index (χ1n) is 8.44. The summed E-state index contributed by atoms with van der Waals surface area (Å²) in [6.07, 6.45) is 0.706. The van der Waals surface area contributed by atoms with E-state index in [2.05, 4.69) is 15.3 Å². The van der Waals surface area contributed by atoms with Gasteiger partial charge >= 0.3 is 0 Å². The lowest BCUT2D eigenvalue weighted by atomic mass is 10.3. The highest BCUT2D eigenvalue weighted by molar-refractivity contribution is 7.13. The Kier molecular flexibility index (Phi) is 4.42. The summed E-state index contributed by atoms with van der Waals surface area (Å²) in [5.41, 5.74) is 2.26. The van der Waals surface area contributed by atoms with Crippen molar-refractivity contribution in [3.05, 3.63) is 47.1 Å². The predicted octanol–water partition coefficient (Wildman–Crippen LogP) is 2.54. The van der Waals surface area contributed by atoms with Crippen LogP contribution >= 0.6 is 11.3 Å². The third kappa shape index (κ3) is 3.32. The number of rotatable bonds is 4. The van der Waals surface area contributed by atoms with Gasteiger partial charge in [0.25, 0.3) is 5.91 Å². The minimum atomic E-state index is -0.0686. The molecule has 1 fully saturated rings. The van der Waals surface area contributed by atoms with Crippen LogP contribution in [0.4, 0.5) is 0 Å². The molecule has 8 heteroatoms. The van der Waals surface area contributed by atoms with Crippen molar-refractivity contribution in [2.75, 3.05) is 13.1 Å². The van der Waals surface area contributed by atoms with Crippen LogP contribution in [-0.2, 0) is 7.05 Å². The molecule has 1 amide bonds. The monoisotopic (exact) mass is 369 g/mol. The Morgan fingerprint density at radius 2 is 2.19 bits per heavy atom. The van der Waals surface area contributed by atoms with Crippen molar-refractivity contribution in [2.24, 2.45) is 7.05 Å². The molecule has 0 N–H and O–H groups in total. The molecule has 4 rings (SSSR count). The lowest BCUT2D eigenvalue weighted by molar-refractivity contribution is 0.0760. The Balaban J connectivity index is 1.44. The maximum absolute atomic E-state index is 12.9. The average molecular weight is 369 g/mol. The van der Waals surface area contributed by atoms with Crippen LogP contribution in [0.3, 0.4) is 0 Å². The van der Waals surface area contributed by atoms with Crippen LogP contribution in [0.2, 0.25) is 0 Å². The largest absolute Gasteiger partial charge is 0.471 e. The number of likely N-dealkylation sites (tertiary alicyclic amines) is 1. The van der Waals surface area contributed by atoms with Gasteiger partial charge < -0.3 is 9.64 Å². The molecule has 4 heterocycles. The van der Waals surface area contributed by atoms with E-state index in [1.807, 2.05) is 41.5 Å². The van der Waals surface area contributed by atoms with Crippen LogP contribution in [0.15, 0.2) is 35.7 Å². The van der Waals surface area contributed by atoms with Gasteiger partial charge in [0, 0.05) is 26.1 Å². The molecule has 7 nitrogen and oxygen atoms in total. The maximum atomic E-state index is 12.9. The van der Waals surface area contributed by atoms with Gasteiger partial charge in [-0.3, -0.25) is 9.48 Å². The van der Waals surface area contributed by atoms with E-state index < -0.39 is 0 Å². The summed E-state index contributed by atoms with van der Waals surface area (Å²) in [5.74, 6) is 0.472. The van der Waals surface area contributed by atoms with Gasteiger partial charge in [0.1, 0.15) is 17.5 Å². The fourth-order valence-electron chi connectivity index (χ4n) is 3.00. The number of aryl methyl sites for hydroxylation is 2. The Morgan fingerprint density at radius 3 is 2.92 bits per heavy atom. The summed E-state index contributed by atoms with van der Waals surface area (Å²) in [5, 5.41) is 14.5. The fourth-order valence-corrected chi connectivity index (χ4v) is 3.68. The minimum Gasteiger partial charge on any atom is -0.471 e. The highest BCUT2D eigenvalue weighted by Crippen LogP contribution is 2.25. The van der Waals surface area contributed by atoms with E-state index in [-0.39, 0.29) is 12.0 Å². The van der Waals surface area contributed by atoms with Gasteiger partial charge in [0.2, 0.25) is 5.88 Å². The average Bonchev–Trinajstić information content (AvgIpc) is 3.37. The lowest BCUT2D eigenvalue weighted by Gasteiger charge is -2.16. The van der Waals surface area contributed by atoms with Gasteiger partial charge in [-0.2, -0.15) is 10.2 Å². The van der Waals surface area contributed by atoms with Crippen LogP contribution in [-0.4, -0.2) is 50.0 Å². The van der Waals surface area contributed by atoms with Crippen molar-refractivity contribution < 1.29 is 9.53 Å². The Hall–Kier alpha value is -2.74. The summed E-state index contributed by atoms with van der Waals surface area (Å²) in [6, 6.07) is 9.51. The van der Waals surface area contributed by atoms with Crippen molar-refractivity contribution in [3.63, 3.8) is 0 Å². The van der Waals surface area contributed by atoms with Crippen LogP contribution in [0.5, 0.6) is 5.88 Å². The number of nitrogens with zero attached hydrogens (tertiary/aromatic N) is 5. The molecule has 0 radical (unpaired) electrons. The van der Waals surface area contributed by atoms with Crippen molar-refractivity contribution in [3.8, 4) is 16.5 Å². The molecular formula is C18H19N5O2S. The Labute approximate surface area is 155 Å². The first-order valence-corrected chi connectivity index (χ1v) is 9.32. The van der Waals surface area contributed by atoms with Gasteiger partial charge in [-0.05, 0) is 30.5 Å². The molecule has 0 aromatic carbocycles. The number of carbonyl (C=O) groups excluding carboxylic acids is 1. The second-order valence-corrected chi connectivity index (χ2v) is 7.26. The standard InChI is InChI=1S/C18H19N5O2S/c1-12-5-6-17(20-19-12)25-13-7-8-23(11-13)18(24)15-10-14(21-22(15)2)16-4-3-9-26-16/h3-6,9-10,13H,7-8,11H2,1-2H3. The predicted molar refractivity (Wildman–Crippen MR) is 98.2 cm³/mol. The molecule has 3 aromatic heterocycles. The Bertz CT molecular complexity index is 904. The van der Waals surface area contributed by atoms with Gasteiger partial charge in [-0.25, -0.2) is 0 Å². The molecule has 1 saturated heterocycles. The molecule has 1 aliphatic rings. The Morgan fingerprint density at radius 1 is 1.31 bits per heavy atom. The number of carbonyl (C=O) groups is 1. The second kappa shape index (κ2) is 6.87. The number of ether oxygens (including phenoxy) is 1. The van der Waals surface area contributed by atoms with E-state index >= 15 is 0 Å². The summed E-state index contributed by atoms with van der Waals surface area (Å²) >= 11 is 1.61. The SMILES string of the molecule is Cc1ccc(OC2CCN(C(=O)c3cc(-c4cccs4)nn3C)C2)nn1. The summed E-state index contributed by atoms with van der Waals surface area (Å²) in [4.78, 5) is 15.7. The molecule has 134 valence electrons. The van der Waals surface area contributed by atoms with Crippen molar-refractivity contribution in [1.82, 2.24) is 24.9 Å². The third-order valence-electron chi connectivity index (χ3n) is 4.37. The topological polar surface area (TPSA) is 73.1 Å². The van der Waals surface area contributed by atoms with Gasteiger partial charge in [-0.15, -0.1) is 16.4 Å².